The van der Waals surface area contributed by atoms with Crippen LogP contribution in [0.1, 0.15) is 17.3 Å². The molecule has 0 aliphatic rings. The average Bonchev–Trinajstić information content (AvgIpc) is 2.14. The maximum absolute atomic E-state index is 11.6. The Morgan fingerprint density at radius 3 is 2.80 bits per heavy atom. The summed E-state index contributed by atoms with van der Waals surface area (Å²) in [5, 5.41) is 3.05. The van der Waals surface area contributed by atoms with Gasteiger partial charge in [0.1, 0.15) is 0 Å². The van der Waals surface area contributed by atoms with Gasteiger partial charge < -0.3 is 11.1 Å². The van der Waals surface area contributed by atoms with Gasteiger partial charge in [-0.2, -0.15) is 0 Å². The normalized spacial score (nSPS) is 9.73. The number of anilines is 1. The molecule has 0 aromatic heterocycles. The van der Waals surface area contributed by atoms with E-state index in [1.54, 1.807) is 18.2 Å². The predicted octanol–water partition coefficient (Wildman–Crippen LogP) is 2.23. The zero-order chi connectivity index (χ0) is 11.4. The number of benzene rings is 1. The van der Waals surface area contributed by atoms with Gasteiger partial charge in [-0.15, -0.1) is 0 Å². The third kappa shape index (κ3) is 3.29. The van der Waals surface area contributed by atoms with Crippen LogP contribution in [0.5, 0.6) is 0 Å². The lowest BCUT2D eigenvalue weighted by atomic mass is 10.2. The standard InChI is InChI=1S/C11H13ClN2O/c1-7(2)6-14-11(15)9-4-3-8(13)5-10(9)12/h3-5H,1,6,13H2,2H3,(H,14,15). The Hall–Kier alpha value is -1.48. The SMILES string of the molecule is C=C(C)CNC(=O)c1ccc(N)cc1Cl. The Labute approximate surface area is 93.9 Å². The molecule has 0 unspecified atom stereocenters. The Bertz CT molecular complexity index is 402. The molecule has 4 heteroatoms. The number of hydrogen-bond acceptors (Lipinski definition) is 2. The van der Waals surface area contributed by atoms with Crippen LogP contribution in [-0.2, 0) is 0 Å². The van der Waals surface area contributed by atoms with Crippen molar-refractivity contribution < 1.29 is 4.79 Å². The smallest absolute Gasteiger partial charge is 0.253 e. The Kier molecular flexibility index (Phi) is 3.74. The van der Waals surface area contributed by atoms with Crippen molar-refractivity contribution in [3.8, 4) is 0 Å². The molecular formula is C11H13ClN2O. The largest absolute Gasteiger partial charge is 0.399 e. The van der Waals surface area contributed by atoms with Gasteiger partial charge in [0, 0.05) is 12.2 Å². The van der Waals surface area contributed by atoms with Gasteiger partial charge in [0.25, 0.3) is 5.91 Å². The van der Waals surface area contributed by atoms with Gasteiger partial charge in [0.05, 0.1) is 10.6 Å². The number of carbonyl (C=O) groups is 1. The molecule has 0 radical (unpaired) electrons. The molecule has 1 rings (SSSR count). The van der Waals surface area contributed by atoms with Gasteiger partial charge in [-0.25, -0.2) is 0 Å². The van der Waals surface area contributed by atoms with Crippen LogP contribution in [0.3, 0.4) is 0 Å². The van der Waals surface area contributed by atoms with E-state index in [-0.39, 0.29) is 5.91 Å². The molecule has 0 aliphatic carbocycles. The molecule has 15 heavy (non-hydrogen) atoms. The van der Waals surface area contributed by atoms with Crippen molar-refractivity contribution in [2.75, 3.05) is 12.3 Å². The Morgan fingerprint density at radius 1 is 1.60 bits per heavy atom. The number of nitrogens with one attached hydrogen (secondary N) is 1. The molecule has 3 N–H and O–H groups in total. The number of rotatable bonds is 3. The van der Waals surface area contributed by atoms with Gasteiger partial charge in [-0.1, -0.05) is 23.8 Å². The van der Waals surface area contributed by atoms with E-state index in [1.807, 2.05) is 6.92 Å². The first-order valence-electron chi connectivity index (χ1n) is 4.48. The minimum absolute atomic E-state index is 0.219. The molecule has 80 valence electrons. The fourth-order valence-electron chi connectivity index (χ4n) is 1.04. The summed E-state index contributed by atoms with van der Waals surface area (Å²) in [6.45, 7) is 5.97. The zero-order valence-electron chi connectivity index (χ0n) is 8.51. The van der Waals surface area contributed by atoms with Crippen molar-refractivity contribution in [1.29, 1.82) is 0 Å². The molecule has 1 aromatic rings. The molecule has 0 saturated carbocycles. The van der Waals surface area contributed by atoms with E-state index in [1.165, 1.54) is 0 Å². The van der Waals surface area contributed by atoms with Crippen LogP contribution in [0.25, 0.3) is 0 Å². The molecule has 3 nitrogen and oxygen atoms in total. The van der Waals surface area contributed by atoms with E-state index in [0.29, 0.717) is 22.8 Å². The maximum atomic E-state index is 11.6. The molecule has 0 bridgehead atoms. The third-order valence-electron chi connectivity index (χ3n) is 1.79. The highest BCUT2D eigenvalue weighted by Crippen LogP contribution is 2.18. The number of carbonyl (C=O) groups excluding carboxylic acids is 1. The molecular weight excluding hydrogens is 212 g/mol. The average molecular weight is 225 g/mol. The third-order valence-corrected chi connectivity index (χ3v) is 2.10. The summed E-state index contributed by atoms with van der Waals surface area (Å²) >= 11 is 5.88. The van der Waals surface area contributed by atoms with E-state index in [4.69, 9.17) is 17.3 Å². The summed E-state index contributed by atoms with van der Waals surface area (Å²) in [5.41, 5.74) is 7.37. The van der Waals surface area contributed by atoms with E-state index in [2.05, 4.69) is 11.9 Å². The Balaban J connectivity index is 2.78. The summed E-state index contributed by atoms with van der Waals surface area (Å²) in [6.07, 6.45) is 0. The van der Waals surface area contributed by atoms with Gasteiger partial charge >= 0.3 is 0 Å². The molecule has 0 aliphatic heterocycles. The minimum atomic E-state index is -0.219. The second kappa shape index (κ2) is 4.84. The van der Waals surface area contributed by atoms with Crippen LogP contribution in [-0.4, -0.2) is 12.5 Å². The predicted molar refractivity (Wildman–Crippen MR) is 63.0 cm³/mol. The highest BCUT2D eigenvalue weighted by molar-refractivity contribution is 6.34. The fourth-order valence-corrected chi connectivity index (χ4v) is 1.32. The Morgan fingerprint density at radius 2 is 2.27 bits per heavy atom. The fraction of sp³-hybridized carbons (Fsp3) is 0.182. The van der Waals surface area contributed by atoms with E-state index in [0.717, 1.165) is 5.57 Å². The van der Waals surface area contributed by atoms with Crippen molar-refractivity contribution in [2.24, 2.45) is 0 Å². The van der Waals surface area contributed by atoms with Crippen LogP contribution in [0.2, 0.25) is 5.02 Å². The topological polar surface area (TPSA) is 55.1 Å². The number of hydrogen-bond donors (Lipinski definition) is 2. The highest BCUT2D eigenvalue weighted by Gasteiger charge is 2.09. The highest BCUT2D eigenvalue weighted by atomic mass is 35.5. The van der Waals surface area contributed by atoms with Gasteiger partial charge in [-0.05, 0) is 25.1 Å². The first kappa shape index (κ1) is 11.6. The van der Waals surface area contributed by atoms with E-state index in [9.17, 15) is 4.79 Å². The molecule has 0 saturated heterocycles. The number of amides is 1. The van der Waals surface area contributed by atoms with E-state index < -0.39 is 0 Å². The summed E-state index contributed by atoms with van der Waals surface area (Å²) in [6, 6.07) is 4.80. The minimum Gasteiger partial charge on any atom is -0.399 e. The van der Waals surface area contributed by atoms with Crippen LogP contribution < -0.4 is 11.1 Å². The zero-order valence-corrected chi connectivity index (χ0v) is 9.27. The molecule has 1 aromatic carbocycles. The molecule has 0 fully saturated rings. The number of nitrogen functional groups attached to an aromatic ring is 1. The number of nitrogens with two attached hydrogens (primary N) is 1. The quantitative estimate of drug-likeness (QED) is 0.611. The molecule has 0 spiro atoms. The molecule has 0 heterocycles. The lowest BCUT2D eigenvalue weighted by Gasteiger charge is -2.06. The van der Waals surface area contributed by atoms with Crippen LogP contribution >= 0.6 is 11.6 Å². The molecule has 0 atom stereocenters. The van der Waals surface area contributed by atoms with Crippen molar-refractivity contribution >= 4 is 23.2 Å². The van der Waals surface area contributed by atoms with Crippen LogP contribution in [0, 0.1) is 0 Å². The monoisotopic (exact) mass is 224 g/mol. The summed E-state index contributed by atoms with van der Waals surface area (Å²) in [7, 11) is 0. The van der Waals surface area contributed by atoms with Gasteiger partial charge in [-0.3, -0.25) is 4.79 Å². The first-order valence-corrected chi connectivity index (χ1v) is 4.86. The number of halogens is 1. The van der Waals surface area contributed by atoms with Crippen molar-refractivity contribution in [2.45, 2.75) is 6.92 Å². The van der Waals surface area contributed by atoms with Crippen molar-refractivity contribution in [1.82, 2.24) is 5.32 Å². The lowest BCUT2D eigenvalue weighted by Crippen LogP contribution is -2.25. The van der Waals surface area contributed by atoms with E-state index >= 15 is 0 Å². The van der Waals surface area contributed by atoms with Crippen molar-refractivity contribution in [3.63, 3.8) is 0 Å². The van der Waals surface area contributed by atoms with Gasteiger partial charge in [0.15, 0.2) is 0 Å². The lowest BCUT2D eigenvalue weighted by molar-refractivity contribution is 0.0957. The maximum Gasteiger partial charge on any atom is 0.253 e. The van der Waals surface area contributed by atoms with Gasteiger partial charge in [0.2, 0.25) is 0 Å². The first-order chi connectivity index (χ1) is 7.00. The summed E-state index contributed by atoms with van der Waals surface area (Å²) in [4.78, 5) is 11.6. The molecule has 1 amide bonds. The van der Waals surface area contributed by atoms with Crippen LogP contribution in [0.4, 0.5) is 5.69 Å². The second-order valence-corrected chi connectivity index (χ2v) is 3.79. The summed E-state index contributed by atoms with van der Waals surface area (Å²) < 4.78 is 0. The van der Waals surface area contributed by atoms with Crippen molar-refractivity contribution in [3.05, 3.63) is 40.9 Å². The van der Waals surface area contributed by atoms with Crippen LogP contribution in [0.15, 0.2) is 30.4 Å². The summed E-state index contributed by atoms with van der Waals surface area (Å²) in [5.74, 6) is -0.219. The second-order valence-electron chi connectivity index (χ2n) is 3.38.